The van der Waals surface area contributed by atoms with E-state index in [2.05, 4.69) is 5.43 Å². The van der Waals surface area contributed by atoms with Gasteiger partial charge in [0, 0.05) is 11.6 Å². The van der Waals surface area contributed by atoms with Crippen LogP contribution in [0.5, 0.6) is 5.75 Å². The van der Waals surface area contributed by atoms with Gasteiger partial charge in [-0.3, -0.25) is 15.0 Å². The SMILES string of the molecule is Cc1ccc(C=C2SC(=S)N(NC(=O)c3cccc(O)c3)C2=O)o1. The van der Waals surface area contributed by atoms with E-state index in [9.17, 15) is 14.7 Å². The fraction of sp³-hybridized carbons (Fsp3) is 0.0625. The number of thiocarbonyl (C=S) groups is 1. The lowest BCUT2D eigenvalue weighted by Gasteiger charge is -2.15. The fourth-order valence-corrected chi connectivity index (χ4v) is 3.20. The highest BCUT2D eigenvalue weighted by atomic mass is 32.2. The number of hydrazine groups is 1. The molecule has 3 rings (SSSR count). The lowest BCUT2D eigenvalue weighted by atomic mass is 10.2. The summed E-state index contributed by atoms with van der Waals surface area (Å²) in [4.78, 5) is 24.9. The smallest absolute Gasteiger partial charge is 0.285 e. The molecule has 0 aliphatic carbocycles. The van der Waals surface area contributed by atoms with E-state index >= 15 is 0 Å². The van der Waals surface area contributed by atoms with Crippen LogP contribution in [0.1, 0.15) is 21.9 Å². The Kier molecular flexibility index (Phi) is 4.41. The van der Waals surface area contributed by atoms with Crippen LogP contribution < -0.4 is 5.43 Å². The predicted molar refractivity (Wildman–Crippen MR) is 94.0 cm³/mol. The van der Waals surface area contributed by atoms with Crippen LogP contribution in [0.3, 0.4) is 0 Å². The van der Waals surface area contributed by atoms with Gasteiger partial charge in [-0.05, 0) is 49.5 Å². The maximum absolute atomic E-state index is 12.4. The van der Waals surface area contributed by atoms with Crippen molar-refractivity contribution in [3.8, 4) is 5.75 Å². The summed E-state index contributed by atoms with van der Waals surface area (Å²) in [6.07, 6.45) is 1.58. The Labute approximate surface area is 147 Å². The van der Waals surface area contributed by atoms with E-state index in [0.29, 0.717) is 10.7 Å². The van der Waals surface area contributed by atoms with Crippen LogP contribution in [0.4, 0.5) is 0 Å². The molecule has 0 saturated carbocycles. The molecule has 1 aromatic carbocycles. The largest absolute Gasteiger partial charge is 0.508 e. The quantitative estimate of drug-likeness (QED) is 0.647. The number of rotatable bonds is 3. The van der Waals surface area contributed by atoms with Crippen LogP contribution in [-0.4, -0.2) is 26.3 Å². The number of benzene rings is 1. The summed E-state index contributed by atoms with van der Waals surface area (Å²) in [5.74, 6) is 0.243. The Bertz CT molecular complexity index is 872. The van der Waals surface area contributed by atoms with Crippen LogP contribution in [0.25, 0.3) is 6.08 Å². The van der Waals surface area contributed by atoms with Gasteiger partial charge in [-0.2, -0.15) is 5.01 Å². The third-order valence-electron chi connectivity index (χ3n) is 3.15. The number of hydrogen-bond donors (Lipinski definition) is 2. The molecule has 0 spiro atoms. The van der Waals surface area contributed by atoms with E-state index in [1.807, 2.05) is 0 Å². The number of furan rings is 1. The molecule has 1 fully saturated rings. The summed E-state index contributed by atoms with van der Waals surface area (Å²) in [6.45, 7) is 1.80. The van der Waals surface area contributed by atoms with Gasteiger partial charge in [-0.25, -0.2) is 0 Å². The van der Waals surface area contributed by atoms with Crippen molar-refractivity contribution in [2.24, 2.45) is 0 Å². The van der Waals surface area contributed by atoms with E-state index < -0.39 is 11.8 Å². The molecular formula is C16H12N2O4S2. The molecule has 2 amide bonds. The fourth-order valence-electron chi connectivity index (χ4n) is 2.04. The van der Waals surface area contributed by atoms with Crippen molar-refractivity contribution < 1.29 is 19.1 Å². The summed E-state index contributed by atoms with van der Waals surface area (Å²) in [5.41, 5.74) is 2.66. The van der Waals surface area contributed by atoms with Crippen molar-refractivity contribution >= 4 is 46.2 Å². The van der Waals surface area contributed by atoms with E-state index in [4.69, 9.17) is 16.6 Å². The van der Waals surface area contributed by atoms with Crippen LogP contribution in [-0.2, 0) is 4.79 Å². The molecule has 0 unspecified atom stereocenters. The highest BCUT2D eigenvalue weighted by Crippen LogP contribution is 2.31. The number of carbonyl (C=O) groups excluding carboxylic acids is 2. The van der Waals surface area contributed by atoms with Crippen LogP contribution >= 0.6 is 24.0 Å². The molecule has 0 radical (unpaired) electrons. The molecule has 2 aromatic rings. The maximum Gasteiger partial charge on any atom is 0.285 e. The minimum atomic E-state index is -0.544. The maximum atomic E-state index is 12.4. The first-order valence-electron chi connectivity index (χ1n) is 6.88. The summed E-state index contributed by atoms with van der Waals surface area (Å²) in [6, 6.07) is 9.34. The molecule has 2 N–H and O–H groups in total. The molecule has 2 heterocycles. The Hall–Kier alpha value is -2.58. The Balaban J connectivity index is 1.77. The van der Waals surface area contributed by atoms with Gasteiger partial charge >= 0.3 is 0 Å². The minimum Gasteiger partial charge on any atom is -0.508 e. The predicted octanol–water partition coefficient (Wildman–Crippen LogP) is 2.84. The molecule has 1 aromatic heterocycles. The molecule has 0 atom stereocenters. The van der Waals surface area contributed by atoms with Crippen molar-refractivity contribution in [1.82, 2.24) is 10.4 Å². The average Bonchev–Trinajstić information content (AvgIpc) is 3.06. The number of phenols is 1. The van der Waals surface area contributed by atoms with E-state index in [1.54, 1.807) is 25.1 Å². The topological polar surface area (TPSA) is 82.8 Å². The van der Waals surface area contributed by atoms with Gasteiger partial charge in [0.2, 0.25) is 0 Å². The van der Waals surface area contributed by atoms with Crippen molar-refractivity contribution in [3.05, 3.63) is 58.4 Å². The minimum absolute atomic E-state index is 0.0406. The van der Waals surface area contributed by atoms with Gasteiger partial charge in [0.15, 0.2) is 4.32 Å². The summed E-state index contributed by atoms with van der Waals surface area (Å²) >= 11 is 6.21. The Morgan fingerprint density at radius 2 is 2.17 bits per heavy atom. The zero-order valence-corrected chi connectivity index (χ0v) is 14.1. The number of phenolic OH excluding ortho intramolecular Hbond substituents is 1. The first-order valence-corrected chi connectivity index (χ1v) is 8.11. The number of aromatic hydroxyl groups is 1. The van der Waals surface area contributed by atoms with Gasteiger partial charge in [-0.1, -0.05) is 17.8 Å². The highest BCUT2D eigenvalue weighted by molar-refractivity contribution is 8.26. The lowest BCUT2D eigenvalue weighted by Crippen LogP contribution is -2.44. The third-order valence-corrected chi connectivity index (χ3v) is 4.45. The third kappa shape index (κ3) is 3.34. The first kappa shape index (κ1) is 16.3. The Morgan fingerprint density at radius 1 is 1.38 bits per heavy atom. The van der Waals surface area contributed by atoms with Crippen LogP contribution in [0, 0.1) is 6.92 Å². The molecular weight excluding hydrogens is 348 g/mol. The molecule has 8 heteroatoms. The second-order valence-electron chi connectivity index (χ2n) is 4.96. The molecule has 1 aliphatic rings. The van der Waals surface area contributed by atoms with E-state index in [0.717, 1.165) is 22.5 Å². The van der Waals surface area contributed by atoms with Gasteiger partial charge in [0.25, 0.3) is 11.8 Å². The van der Waals surface area contributed by atoms with Gasteiger partial charge < -0.3 is 9.52 Å². The molecule has 6 nitrogen and oxygen atoms in total. The van der Waals surface area contributed by atoms with Crippen molar-refractivity contribution in [2.75, 3.05) is 0 Å². The zero-order chi connectivity index (χ0) is 17.3. The summed E-state index contributed by atoms with van der Waals surface area (Å²) in [5, 5.41) is 10.4. The molecule has 1 saturated heterocycles. The monoisotopic (exact) mass is 360 g/mol. The standard InChI is InChI=1S/C16H12N2O4S2/c1-9-5-6-12(22-9)8-13-15(21)18(16(23)24-13)17-14(20)10-3-2-4-11(19)7-10/h2-8,19H,1H3,(H,17,20). The number of nitrogens with one attached hydrogen (secondary N) is 1. The number of aryl methyl sites for hydroxylation is 1. The number of thioether (sulfide) groups is 1. The van der Waals surface area contributed by atoms with Gasteiger partial charge in [-0.15, -0.1) is 0 Å². The van der Waals surface area contributed by atoms with Crippen molar-refractivity contribution in [3.63, 3.8) is 0 Å². The molecule has 1 aliphatic heterocycles. The first-order chi connectivity index (χ1) is 11.4. The normalized spacial score (nSPS) is 16.0. The lowest BCUT2D eigenvalue weighted by molar-refractivity contribution is -0.123. The Morgan fingerprint density at radius 3 is 2.83 bits per heavy atom. The second-order valence-corrected chi connectivity index (χ2v) is 6.63. The number of carbonyl (C=O) groups is 2. The van der Waals surface area contributed by atoms with E-state index in [1.165, 1.54) is 24.3 Å². The molecule has 122 valence electrons. The second kappa shape index (κ2) is 6.50. The summed E-state index contributed by atoms with van der Waals surface area (Å²) < 4.78 is 5.62. The average molecular weight is 360 g/mol. The highest BCUT2D eigenvalue weighted by Gasteiger charge is 2.34. The van der Waals surface area contributed by atoms with Crippen molar-refractivity contribution in [1.29, 1.82) is 0 Å². The molecule has 24 heavy (non-hydrogen) atoms. The van der Waals surface area contributed by atoms with Crippen LogP contribution in [0.2, 0.25) is 0 Å². The van der Waals surface area contributed by atoms with Gasteiger partial charge in [0.1, 0.15) is 17.3 Å². The zero-order valence-electron chi connectivity index (χ0n) is 12.5. The summed E-state index contributed by atoms with van der Waals surface area (Å²) in [7, 11) is 0. The van der Waals surface area contributed by atoms with Crippen molar-refractivity contribution in [2.45, 2.75) is 6.92 Å². The number of hydrogen-bond acceptors (Lipinski definition) is 6. The molecule has 0 bridgehead atoms. The number of amides is 2. The van der Waals surface area contributed by atoms with E-state index in [-0.39, 0.29) is 15.6 Å². The number of nitrogens with zero attached hydrogens (tertiary/aromatic N) is 1. The van der Waals surface area contributed by atoms with Gasteiger partial charge in [0.05, 0.1) is 4.91 Å². The van der Waals surface area contributed by atoms with Crippen LogP contribution in [0.15, 0.2) is 45.7 Å².